The number of rotatable bonds is 5. The summed E-state index contributed by atoms with van der Waals surface area (Å²) in [6.07, 6.45) is 1.26. The van der Waals surface area contributed by atoms with Crippen LogP contribution in [0.1, 0.15) is 38.3 Å². The summed E-state index contributed by atoms with van der Waals surface area (Å²) in [7, 11) is -3.07. The van der Waals surface area contributed by atoms with Crippen LogP contribution in [0.5, 0.6) is 0 Å². The van der Waals surface area contributed by atoms with Gasteiger partial charge in [-0.1, -0.05) is 0 Å². The molecule has 98 valence electrons. The molecule has 1 atom stereocenters. The van der Waals surface area contributed by atoms with Crippen molar-refractivity contribution in [2.75, 3.05) is 12.8 Å². The molecule has 1 rings (SSSR count). The lowest BCUT2D eigenvalue weighted by atomic mass is 10.2. The molecule has 0 fully saturated rings. The van der Waals surface area contributed by atoms with Crippen LogP contribution in [0.25, 0.3) is 0 Å². The van der Waals surface area contributed by atoms with Crippen molar-refractivity contribution < 1.29 is 12.8 Å². The topological polar surface area (TPSA) is 59.3 Å². The first-order valence-electron chi connectivity index (χ1n) is 5.63. The average Bonchev–Trinajstić information content (AvgIpc) is 2.59. The highest BCUT2D eigenvalue weighted by Crippen LogP contribution is 2.18. The van der Waals surface area contributed by atoms with Crippen molar-refractivity contribution in [2.45, 2.75) is 38.5 Å². The van der Waals surface area contributed by atoms with Gasteiger partial charge in [0, 0.05) is 12.8 Å². The molecule has 0 saturated carbocycles. The second-order valence-electron chi connectivity index (χ2n) is 5.08. The van der Waals surface area contributed by atoms with Gasteiger partial charge in [0.15, 0.2) is 9.84 Å². The lowest BCUT2D eigenvalue weighted by Crippen LogP contribution is -2.42. The Labute approximate surface area is 103 Å². The van der Waals surface area contributed by atoms with Crippen LogP contribution in [0.2, 0.25) is 0 Å². The van der Waals surface area contributed by atoms with E-state index >= 15 is 0 Å². The fraction of sp³-hybridized carbons (Fsp3) is 0.667. The van der Waals surface area contributed by atoms with Crippen LogP contribution in [0, 0.1) is 6.92 Å². The fourth-order valence-corrected chi connectivity index (χ4v) is 1.66. The van der Waals surface area contributed by atoms with Crippen molar-refractivity contribution in [3.8, 4) is 0 Å². The molecule has 0 aliphatic heterocycles. The van der Waals surface area contributed by atoms with E-state index in [9.17, 15) is 8.42 Å². The molecule has 1 aromatic heterocycles. The maximum absolute atomic E-state index is 11.5. The first-order valence-corrected chi connectivity index (χ1v) is 7.52. The Morgan fingerprint density at radius 3 is 2.41 bits per heavy atom. The lowest BCUT2D eigenvalue weighted by molar-refractivity contribution is 0.403. The van der Waals surface area contributed by atoms with E-state index in [1.807, 2.05) is 26.0 Å². The molecule has 0 aliphatic carbocycles. The largest absolute Gasteiger partial charge is 0.465 e. The predicted octanol–water partition coefficient (Wildman–Crippen LogP) is 2.06. The molecule has 0 saturated heterocycles. The third kappa shape index (κ3) is 3.57. The van der Waals surface area contributed by atoms with Gasteiger partial charge >= 0.3 is 0 Å². The minimum Gasteiger partial charge on any atom is -0.465 e. The third-order valence-corrected chi connectivity index (χ3v) is 5.18. The number of hydrogen-bond acceptors (Lipinski definition) is 4. The maximum Gasteiger partial charge on any atom is 0.153 e. The molecule has 17 heavy (non-hydrogen) atoms. The monoisotopic (exact) mass is 259 g/mol. The lowest BCUT2D eigenvalue weighted by Gasteiger charge is -2.24. The van der Waals surface area contributed by atoms with Gasteiger partial charge in [0.25, 0.3) is 0 Å². The van der Waals surface area contributed by atoms with Crippen LogP contribution in [0.15, 0.2) is 16.5 Å². The van der Waals surface area contributed by atoms with Gasteiger partial charge in [0.2, 0.25) is 0 Å². The molecule has 0 radical (unpaired) electrons. The number of aryl methyl sites for hydroxylation is 1. The summed E-state index contributed by atoms with van der Waals surface area (Å²) in [5.41, 5.74) is 0. The zero-order chi connectivity index (χ0) is 13.3. The molecule has 0 amide bonds. The number of sulfone groups is 1. The maximum atomic E-state index is 11.5. The smallest absolute Gasteiger partial charge is 0.153 e. The molecular formula is C12H21NO3S. The van der Waals surface area contributed by atoms with E-state index in [-0.39, 0.29) is 6.04 Å². The van der Waals surface area contributed by atoms with E-state index in [2.05, 4.69) is 5.32 Å². The quantitative estimate of drug-likeness (QED) is 0.879. The number of hydrogen-bond donors (Lipinski definition) is 1. The second-order valence-corrected chi connectivity index (χ2v) is 7.73. The molecule has 1 heterocycles. The minimum atomic E-state index is -3.07. The first-order chi connectivity index (χ1) is 7.63. The van der Waals surface area contributed by atoms with Crippen molar-refractivity contribution in [1.82, 2.24) is 5.32 Å². The van der Waals surface area contributed by atoms with Gasteiger partial charge in [-0.25, -0.2) is 8.42 Å². The Hall–Kier alpha value is -0.810. The summed E-state index contributed by atoms with van der Waals surface area (Å²) in [5.74, 6) is 1.68. The van der Waals surface area contributed by atoms with Gasteiger partial charge < -0.3 is 9.73 Å². The molecule has 0 bridgehead atoms. The fourth-order valence-electron chi connectivity index (χ4n) is 1.32. The van der Waals surface area contributed by atoms with Crippen LogP contribution in [0.3, 0.4) is 0 Å². The summed E-state index contributed by atoms with van der Waals surface area (Å²) in [6, 6.07) is 3.81. The highest BCUT2D eigenvalue weighted by molar-refractivity contribution is 7.92. The van der Waals surface area contributed by atoms with E-state index in [0.717, 1.165) is 11.5 Å². The second kappa shape index (κ2) is 4.82. The summed E-state index contributed by atoms with van der Waals surface area (Å²) in [6.45, 7) is 7.67. The zero-order valence-corrected chi connectivity index (χ0v) is 11.9. The highest BCUT2D eigenvalue weighted by atomic mass is 32.2. The van der Waals surface area contributed by atoms with E-state index in [0.29, 0.717) is 6.54 Å². The van der Waals surface area contributed by atoms with Crippen molar-refractivity contribution >= 4 is 9.84 Å². The van der Waals surface area contributed by atoms with E-state index < -0.39 is 14.6 Å². The standard InChI is InChI=1S/C12H21NO3S/c1-9-6-7-11(16-9)10(2)13-8-12(3,4)17(5,14)15/h6-7,10,13H,8H2,1-5H3. The molecule has 0 aromatic carbocycles. The first kappa shape index (κ1) is 14.3. The SMILES string of the molecule is Cc1ccc(C(C)NCC(C)(C)S(C)(=O)=O)o1. The van der Waals surface area contributed by atoms with Crippen LogP contribution < -0.4 is 5.32 Å². The molecule has 1 unspecified atom stereocenters. The Kier molecular flexibility index (Phi) is 4.04. The molecule has 1 aromatic rings. The van der Waals surface area contributed by atoms with Crippen molar-refractivity contribution in [2.24, 2.45) is 0 Å². The molecule has 1 N–H and O–H groups in total. The Balaban J connectivity index is 2.63. The summed E-state index contributed by atoms with van der Waals surface area (Å²) in [5, 5.41) is 3.19. The van der Waals surface area contributed by atoms with Crippen LogP contribution in [-0.2, 0) is 9.84 Å². The van der Waals surface area contributed by atoms with Gasteiger partial charge in [-0.3, -0.25) is 0 Å². The normalized spacial score (nSPS) is 14.9. The number of furan rings is 1. The summed E-state index contributed by atoms with van der Waals surface area (Å²) < 4.78 is 27.8. The van der Waals surface area contributed by atoms with E-state index in [4.69, 9.17) is 4.42 Å². The third-order valence-electron chi connectivity index (χ3n) is 3.03. The van der Waals surface area contributed by atoms with Gasteiger partial charge in [0.1, 0.15) is 11.5 Å². The van der Waals surface area contributed by atoms with Crippen molar-refractivity contribution in [1.29, 1.82) is 0 Å². The van der Waals surface area contributed by atoms with Crippen LogP contribution in [-0.4, -0.2) is 26.0 Å². The van der Waals surface area contributed by atoms with Gasteiger partial charge in [-0.05, 0) is 39.8 Å². The van der Waals surface area contributed by atoms with Crippen LogP contribution in [0.4, 0.5) is 0 Å². The highest BCUT2D eigenvalue weighted by Gasteiger charge is 2.30. The molecule has 5 heteroatoms. The van der Waals surface area contributed by atoms with E-state index in [1.165, 1.54) is 6.26 Å². The summed E-state index contributed by atoms with van der Waals surface area (Å²) >= 11 is 0. The molecule has 4 nitrogen and oxygen atoms in total. The minimum absolute atomic E-state index is 0.00438. The average molecular weight is 259 g/mol. The summed E-state index contributed by atoms with van der Waals surface area (Å²) in [4.78, 5) is 0. The predicted molar refractivity (Wildman–Crippen MR) is 68.8 cm³/mol. The number of nitrogens with one attached hydrogen (secondary N) is 1. The molecule has 0 aliphatic rings. The van der Waals surface area contributed by atoms with Crippen molar-refractivity contribution in [3.63, 3.8) is 0 Å². The van der Waals surface area contributed by atoms with Gasteiger partial charge in [-0.15, -0.1) is 0 Å². The van der Waals surface area contributed by atoms with E-state index in [1.54, 1.807) is 13.8 Å². The van der Waals surface area contributed by atoms with Gasteiger partial charge in [0.05, 0.1) is 10.8 Å². The Morgan fingerprint density at radius 2 is 2.00 bits per heavy atom. The molecule has 0 spiro atoms. The molecular weight excluding hydrogens is 238 g/mol. The van der Waals surface area contributed by atoms with Gasteiger partial charge in [-0.2, -0.15) is 0 Å². The van der Waals surface area contributed by atoms with Crippen LogP contribution >= 0.6 is 0 Å². The Morgan fingerprint density at radius 1 is 1.41 bits per heavy atom. The van der Waals surface area contributed by atoms with Crippen molar-refractivity contribution in [3.05, 3.63) is 23.7 Å². The zero-order valence-electron chi connectivity index (χ0n) is 11.1. The Bertz CT molecular complexity index is 474.